The number of rotatable bonds is 6. The highest BCUT2D eigenvalue weighted by Crippen LogP contribution is 2.20. The van der Waals surface area contributed by atoms with Gasteiger partial charge in [-0.2, -0.15) is 4.37 Å². The van der Waals surface area contributed by atoms with Gasteiger partial charge in [0.15, 0.2) is 17.4 Å². The van der Waals surface area contributed by atoms with Gasteiger partial charge in [-0.25, -0.2) is 9.37 Å². The monoisotopic (exact) mass is 329 g/mol. The molecule has 0 radical (unpaired) electrons. The molecule has 0 saturated heterocycles. The van der Waals surface area contributed by atoms with Crippen molar-refractivity contribution in [3.63, 3.8) is 0 Å². The summed E-state index contributed by atoms with van der Waals surface area (Å²) in [7, 11) is 3.98. The van der Waals surface area contributed by atoms with Crippen LogP contribution in [0.3, 0.4) is 0 Å². The molecule has 0 aliphatic carbocycles. The van der Waals surface area contributed by atoms with Crippen molar-refractivity contribution in [2.24, 2.45) is 0 Å². The predicted molar refractivity (Wildman–Crippen MR) is 82.7 cm³/mol. The van der Waals surface area contributed by atoms with Crippen molar-refractivity contribution < 1.29 is 13.3 Å². The summed E-state index contributed by atoms with van der Waals surface area (Å²) in [6, 6.07) is 4.59. The first-order chi connectivity index (χ1) is 9.99. The Labute approximate surface area is 129 Å². The summed E-state index contributed by atoms with van der Waals surface area (Å²) < 4.78 is 34.7. The van der Waals surface area contributed by atoms with Crippen molar-refractivity contribution in [2.45, 2.75) is 11.5 Å². The third-order valence-electron chi connectivity index (χ3n) is 2.67. The van der Waals surface area contributed by atoms with Crippen molar-refractivity contribution >= 4 is 27.5 Å². The fourth-order valence-electron chi connectivity index (χ4n) is 1.67. The van der Waals surface area contributed by atoms with Gasteiger partial charge in [-0.1, -0.05) is 6.07 Å². The average Bonchev–Trinajstić information content (AvgIpc) is 2.87. The second-order valence-corrected chi connectivity index (χ2v) is 6.77. The van der Waals surface area contributed by atoms with Crippen molar-refractivity contribution in [3.05, 3.63) is 35.4 Å². The molecule has 1 atom stereocenters. The van der Waals surface area contributed by atoms with E-state index in [0.29, 0.717) is 11.4 Å². The Morgan fingerprint density at radius 3 is 2.71 bits per heavy atom. The summed E-state index contributed by atoms with van der Waals surface area (Å²) in [6.45, 7) is 0. The number of nitrogens with zero attached hydrogens (tertiary/aromatic N) is 3. The minimum atomic E-state index is -1.18. The highest BCUT2D eigenvalue weighted by molar-refractivity contribution is 7.83. The Bertz CT molecular complexity index is 646. The zero-order chi connectivity index (χ0) is 15.4. The normalized spacial score (nSPS) is 12.2. The molecule has 0 aliphatic rings. The molecule has 1 aromatic heterocycles. The van der Waals surface area contributed by atoms with Crippen molar-refractivity contribution in [1.29, 1.82) is 0 Å². The van der Waals surface area contributed by atoms with Gasteiger partial charge in [0.2, 0.25) is 5.13 Å². The molecular weight excluding hydrogens is 313 g/mol. The number of aromatic nitrogens is 2. The minimum absolute atomic E-state index is 0.182. The van der Waals surface area contributed by atoms with E-state index in [1.165, 1.54) is 30.8 Å². The highest BCUT2D eigenvalue weighted by atomic mass is 32.2. The summed E-state index contributed by atoms with van der Waals surface area (Å²) >= 11 is 1.27. The fourth-order valence-corrected chi connectivity index (χ4v) is 3.42. The molecule has 0 aliphatic heterocycles. The van der Waals surface area contributed by atoms with E-state index >= 15 is 0 Å². The standard InChI is InChI=1S/C13H16FN3O2S2/c1-17(2)13-15-12(16-20-13)8-21(18)7-9-4-5-11(19-3)10(14)6-9/h4-6H,7-8H2,1-3H3/t21-/m0/s1. The predicted octanol–water partition coefficient (Wildman–Crippen LogP) is 2.20. The number of anilines is 1. The molecule has 2 rings (SSSR count). The maximum atomic E-state index is 13.6. The van der Waals surface area contributed by atoms with Crippen LogP contribution in [0.1, 0.15) is 11.4 Å². The molecule has 0 fully saturated rings. The Morgan fingerprint density at radius 2 is 2.14 bits per heavy atom. The zero-order valence-corrected chi connectivity index (χ0v) is 13.6. The lowest BCUT2D eigenvalue weighted by Gasteiger charge is -2.05. The molecule has 0 amide bonds. The Hall–Kier alpha value is -1.54. The molecule has 1 aromatic carbocycles. The molecule has 114 valence electrons. The van der Waals surface area contributed by atoms with Gasteiger partial charge in [0.05, 0.1) is 12.9 Å². The zero-order valence-electron chi connectivity index (χ0n) is 12.0. The number of hydrogen-bond acceptors (Lipinski definition) is 6. The third kappa shape index (κ3) is 4.21. The summed E-state index contributed by atoms with van der Waals surface area (Å²) in [5.41, 5.74) is 0.662. The Morgan fingerprint density at radius 1 is 1.38 bits per heavy atom. The molecule has 0 spiro atoms. The van der Waals surface area contributed by atoms with E-state index in [1.54, 1.807) is 6.07 Å². The first-order valence-corrected chi connectivity index (χ1v) is 8.43. The van der Waals surface area contributed by atoms with E-state index in [-0.39, 0.29) is 17.3 Å². The van der Waals surface area contributed by atoms with Crippen molar-refractivity contribution in [2.75, 3.05) is 26.1 Å². The topological polar surface area (TPSA) is 55.3 Å². The molecule has 2 aromatic rings. The van der Waals surface area contributed by atoms with Crippen LogP contribution in [-0.4, -0.2) is 34.8 Å². The van der Waals surface area contributed by atoms with Gasteiger partial charge in [-0.15, -0.1) is 0 Å². The number of benzene rings is 1. The van der Waals surface area contributed by atoms with E-state index in [4.69, 9.17) is 4.74 Å². The number of hydrogen-bond donors (Lipinski definition) is 0. The molecule has 0 bridgehead atoms. The van der Waals surface area contributed by atoms with Gasteiger partial charge in [0.1, 0.15) is 0 Å². The van der Waals surface area contributed by atoms with E-state index in [9.17, 15) is 8.60 Å². The third-order valence-corrected chi connectivity index (χ3v) is 4.83. The van der Waals surface area contributed by atoms with E-state index in [2.05, 4.69) is 9.36 Å². The SMILES string of the molecule is COc1ccc(C[S@](=O)Cc2nsc(N(C)C)n2)cc1F. The lowest BCUT2D eigenvalue weighted by Crippen LogP contribution is -2.08. The smallest absolute Gasteiger partial charge is 0.204 e. The van der Waals surface area contributed by atoms with Crippen LogP contribution in [0.2, 0.25) is 0 Å². The number of halogens is 1. The Balaban J connectivity index is 1.99. The first kappa shape index (κ1) is 15.8. The summed E-state index contributed by atoms with van der Waals surface area (Å²) in [5, 5.41) is 0.775. The van der Waals surface area contributed by atoms with Crippen LogP contribution in [0.5, 0.6) is 5.75 Å². The summed E-state index contributed by atoms with van der Waals surface area (Å²) in [5.74, 6) is 0.807. The van der Waals surface area contributed by atoms with E-state index in [1.807, 2.05) is 19.0 Å². The molecule has 21 heavy (non-hydrogen) atoms. The number of ether oxygens (including phenoxy) is 1. The van der Waals surface area contributed by atoms with Gasteiger partial charge in [-0.3, -0.25) is 4.21 Å². The maximum absolute atomic E-state index is 13.6. The average molecular weight is 329 g/mol. The van der Waals surface area contributed by atoms with E-state index in [0.717, 1.165) is 5.13 Å². The molecule has 8 heteroatoms. The van der Waals surface area contributed by atoms with Gasteiger partial charge in [0.25, 0.3) is 0 Å². The first-order valence-electron chi connectivity index (χ1n) is 6.17. The molecule has 0 N–H and O–H groups in total. The molecule has 0 unspecified atom stereocenters. The van der Waals surface area contributed by atoms with Crippen LogP contribution in [0.4, 0.5) is 9.52 Å². The molecule has 1 heterocycles. The number of methoxy groups -OCH3 is 1. The quantitative estimate of drug-likeness (QED) is 0.813. The van der Waals surface area contributed by atoms with Crippen molar-refractivity contribution in [3.8, 4) is 5.75 Å². The van der Waals surface area contributed by atoms with Crippen molar-refractivity contribution in [1.82, 2.24) is 9.36 Å². The van der Waals surface area contributed by atoms with Crippen LogP contribution in [0.25, 0.3) is 0 Å². The summed E-state index contributed by atoms with van der Waals surface area (Å²) in [4.78, 5) is 6.13. The van der Waals surface area contributed by atoms with Gasteiger partial charge in [0, 0.05) is 42.2 Å². The largest absolute Gasteiger partial charge is 0.494 e. The molecular formula is C13H16FN3O2S2. The second-order valence-electron chi connectivity index (χ2n) is 4.59. The van der Waals surface area contributed by atoms with Crippen LogP contribution >= 0.6 is 11.5 Å². The maximum Gasteiger partial charge on any atom is 0.204 e. The Kier molecular flexibility index (Phi) is 5.24. The van der Waals surface area contributed by atoms with Crippen LogP contribution in [-0.2, 0) is 22.3 Å². The lowest BCUT2D eigenvalue weighted by atomic mass is 10.2. The van der Waals surface area contributed by atoms with Crippen LogP contribution in [0.15, 0.2) is 18.2 Å². The fraction of sp³-hybridized carbons (Fsp3) is 0.385. The molecule has 5 nitrogen and oxygen atoms in total. The highest BCUT2D eigenvalue weighted by Gasteiger charge is 2.11. The second kappa shape index (κ2) is 6.95. The van der Waals surface area contributed by atoms with Crippen LogP contribution < -0.4 is 9.64 Å². The lowest BCUT2D eigenvalue weighted by molar-refractivity contribution is 0.386. The van der Waals surface area contributed by atoms with Gasteiger partial charge >= 0.3 is 0 Å². The molecule has 0 saturated carbocycles. The van der Waals surface area contributed by atoms with Gasteiger partial charge < -0.3 is 9.64 Å². The van der Waals surface area contributed by atoms with Crippen LogP contribution in [0, 0.1) is 5.82 Å². The minimum Gasteiger partial charge on any atom is -0.494 e. The van der Waals surface area contributed by atoms with E-state index < -0.39 is 16.6 Å². The van der Waals surface area contributed by atoms with Gasteiger partial charge in [-0.05, 0) is 17.7 Å². The summed E-state index contributed by atoms with van der Waals surface area (Å²) in [6.07, 6.45) is 0.